The maximum atomic E-state index is 12.0. The molecular weight excluding hydrogens is 286 g/mol. The van der Waals surface area contributed by atoms with E-state index in [1.807, 2.05) is 54.4 Å². The van der Waals surface area contributed by atoms with Gasteiger partial charge in [-0.1, -0.05) is 29.8 Å². The lowest BCUT2D eigenvalue weighted by Crippen LogP contribution is -2.35. The van der Waals surface area contributed by atoms with Gasteiger partial charge in [0.2, 0.25) is 5.91 Å². The number of hydrogen-bond donors (Lipinski definition) is 2. The van der Waals surface area contributed by atoms with Crippen LogP contribution in [0.15, 0.2) is 42.5 Å². The summed E-state index contributed by atoms with van der Waals surface area (Å²) in [5.74, 6) is -0.0240. The molecule has 0 unspecified atom stereocenters. The van der Waals surface area contributed by atoms with E-state index in [1.165, 1.54) is 0 Å². The Balaban J connectivity index is 2.12. The molecule has 0 saturated heterocycles. The first-order valence-corrected chi connectivity index (χ1v) is 7.16. The second-order valence-corrected chi connectivity index (χ2v) is 5.39. The van der Waals surface area contributed by atoms with Crippen LogP contribution in [0.5, 0.6) is 0 Å². The first kappa shape index (κ1) is 13.9. The van der Waals surface area contributed by atoms with Crippen LogP contribution in [0.2, 0.25) is 5.02 Å². The fourth-order valence-electron chi connectivity index (χ4n) is 2.58. The van der Waals surface area contributed by atoms with Gasteiger partial charge in [0.1, 0.15) is 6.54 Å². The Bertz CT molecular complexity index is 687. The van der Waals surface area contributed by atoms with Crippen molar-refractivity contribution in [3.63, 3.8) is 0 Å². The molecule has 108 valence electrons. The van der Waals surface area contributed by atoms with Gasteiger partial charge in [-0.2, -0.15) is 0 Å². The van der Waals surface area contributed by atoms with Crippen molar-refractivity contribution < 1.29 is 4.79 Å². The van der Waals surface area contributed by atoms with Gasteiger partial charge in [-0.3, -0.25) is 4.79 Å². The molecule has 1 aliphatic rings. The van der Waals surface area contributed by atoms with E-state index in [2.05, 4.69) is 10.6 Å². The minimum Gasteiger partial charge on any atom is -0.330 e. The summed E-state index contributed by atoms with van der Waals surface area (Å²) in [4.78, 5) is 14.0. The molecule has 2 aromatic carbocycles. The van der Waals surface area contributed by atoms with Crippen LogP contribution in [0.25, 0.3) is 0 Å². The van der Waals surface area contributed by atoms with Crippen molar-refractivity contribution in [2.45, 2.75) is 6.54 Å². The third-order valence-corrected chi connectivity index (χ3v) is 3.71. The standard InChI is InChI=1S/C16H16ClN3O/c1-18-9-11-6-7-12(17)8-15(11)20-10-16(21)19-13-4-2-3-5-14(13)20/h2-8,18H,9-10H2,1H3,(H,19,21). The molecule has 5 heteroatoms. The van der Waals surface area contributed by atoms with Crippen molar-refractivity contribution in [2.75, 3.05) is 23.8 Å². The lowest BCUT2D eigenvalue weighted by Gasteiger charge is -2.32. The Labute approximate surface area is 128 Å². The minimum absolute atomic E-state index is 0.0240. The SMILES string of the molecule is CNCc1ccc(Cl)cc1N1CC(=O)Nc2ccccc21. The number of hydrogen-bond acceptors (Lipinski definition) is 3. The van der Waals surface area contributed by atoms with Crippen LogP contribution in [0.4, 0.5) is 17.1 Å². The van der Waals surface area contributed by atoms with Gasteiger partial charge < -0.3 is 15.5 Å². The summed E-state index contributed by atoms with van der Waals surface area (Å²) in [6.45, 7) is 1.00. The second kappa shape index (κ2) is 5.76. The molecule has 0 radical (unpaired) electrons. The highest BCUT2D eigenvalue weighted by atomic mass is 35.5. The van der Waals surface area contributed by atoms with Gasteiger partial charge in [0.05, 0.1) is 11.4 Å². The third kappa shape index (κ3) is 2.73. The number of nitrogens with one attached hydrogen (secondary N) is 2. The highest BCUT2D eigenvalue weighted by molar-refractivity contribution is 6.31. The Morgan fingerprint density at radius 1 is 1.24 bits per heavy atom. The zero-order chi connectivity index (χ0) is 14.8. The number of anilines is 3. The lowest BCUT2D eigenvalue weighted by molar-refractivity contribution is -0.115. The fraction of sp³-hybridized carbons (Fsp3) is 0.188. The number of carbonyl (C=O) groups is 1. The van der Waals surface area contributed by atoms with Crippen LogP contribution >= 0.6 is 11.6 Å². The molecule has 3 rings (SSSR count). The summed E-state index contributed by atoms with van der Waals surface area (Å²) in [6.07, 6.45) is 0. The number of rotatable bonds is 3. The largest absolute Gasteiger partial charge is 0.330 e. The zero-order valence-electron chi connectivity index (χ0n) is 11.7. The van der Waals surface area contributed by atoms with E-state index < -0.39 is 0 Å². The van der Waals surface area contributed by atoms with E-state index >= 15 is 0 Å². The van der Waals surface area contributed by atoms with Crippen LogP contribution in [0.3, 0.4) is 0 Å². The van der Waals surface area contributed by atoms with Gasteiger partial charge in [0.25, 0.3) is 0 Å². The van der Waals surface area contributed by atoms with E-state index in [9.17, 15) is 4.79 Å². The van der Waals surface area contributed by atoms with Crippen molar-refractivity contribution in [1.82, 2.24) is 5.32 Å². The molecule has 4 nitrogen and oxygen atoms in total. The molecule has 0 aromatic heterocycles. The molecule has 0 saturated carbocycles. The van der Waals surface area contributed by atoms with Gasteiger partial charge in [0, 0.05) is 17.3 Å². The maximum absolute atomic E-state index is 12.0. The number of nitrogens with zero attached hydrogens (tertiary/aromatic N) is 1. The molecule has 0 aliphatic carbocycles. The number of para-hydroxylation sites is 2. The lowest BCUT2D eigenvalue weighted by atomic mass is 10.1. The maximum Gasteiger partial charge on any atom is 0.244 e. The summed E-state index contributed by atoms with van der Waals surface area (Å²) in [5, 5.41) is 6.70. The molecule has 2 aromatic rings. The van der Waals surface area contributed by atoms with Gasteiger partial charge in [-0.25, -0.2) is 0 Å². The zero-order valence-corrected chi connectivity index (χ0v) is 12.4. The molecule has 1 heterocycles. The minimum atomic E-state index is -0.0240. The van der Waals surface area contributed by atoms with Crippen LogP contribution in [0, 0.1) is 0 Å². The smallest absolute Gasteiger partial charge is 0.244 e. The van der Waals surface area contributed by atoms with Crippen molar-refractivity contribution in [2.24, 2.45) is 0 Å². The Hall–Kier alpha value is -2.04. The topological polar surface area (TPSA) is 44.4 Å². The Morgan fingerprint density at radius 2 is 2.05 bits per heavy atom. The van der Waals surface area contributed by atoms with Crippen LogP contribution in [-0.2, 0) is 11.3 Å². The van der Waals surface area contributed by atoms with Crippen molar-refractivity contribution in [1.29, 1.82) is 0 Å². The average molecular weight is 302 g/mol. The number of amides is 1. The van der Waals surface area contributed by atoms with Crippen molar-refractivity contribution in [3.8, 4) is 0 Å². The quantitative estimate of drug-likeness (QED) is 0.915. The van der Waals surface area contributed by atoms with Crippen LogP contribution in [0.1, 0.15) is 5.56 Å². The predicted molar refractivity (Wildman–Crippen MR) is 86.3 cm³/mol. The van der Waals surface area contributed by atoms with Crippen LogP contribution in [-0.4, -0.2) is 19.5 Å². The second-order valence-electron chi connectivity index (χ2n) is 4.95. The highest BCUT2D eigenvalue weighted by Gasteiger charge is 2.24. The van der Waals surface area contributed by atoms with Crippen molar-refractivity contribution >= 4 is 34.6 Å². The molecule has 2 N–H and O–H groups in total. The van der Waals surface area contributed by atoms with Gasteiger partial charge in [-0.05, 0) is 36.9 Å². The Morgan fingerprint density at radius 3 is 2.86 bits per heavy atom. The third-order valence-electron chi connectivity index (χ3n) is 3.48. The summed E-state index contributed by atoms with van der Waals surface area (Å²) in [7, 11) is 1.90. The molecule has 0 spiro atoms. The van der Waals surface area contributed by atoms with Gasteiger partial charge in [0.15, 0.2) is 0 Å². The highest BCUT2D eigenvalue weighted by Crippen LogP contribution is 2.37. The normalized spacial score (nSPS) is 13.8. The summed E-state index contributed by atoms with van der Waals surface area (Å²) >= 11 is 6.15. The van der Waals surface area contributed by atoms with E-state index in [0.29, 0.717) is 11.6 Å². The first-order chi connectivity index (χ1) is 10.2. The summed E-state index contributed by atoms with van der Waals surface area (Å²) in [5.41, 5.74) is 3.87. The molecule has 21 heavy (non-hydrogen) atoms. The molecule has 1 amide bonds. The first-order valence-electron chi connectivity index (χ1n) is 6.78. The number of fused-ring (bicyclic) bond motifs is 1. The van der Waals surface area contributed by atoms with Gasteiger partial charge in [-0.15, -0.1) is 0 Å². The number of halogens is 1. The van der Waals surface area contributed by atoms with E-state index in [-0.39, 0.29) is 12.5 Å². The average Bonchev–Trinajstić information content (AvgIpc) is 2.48. The van der Waals surface area contributed by atoms with Crippen LogP contribution < -0.4 is 15.5 Å². The molecular formula is C16H16ClN3O. The molecule has 0 fully saturated rings. The number of carbonyl (C=O) groups excluding carboxylic acids is 1. The molecule has 1 aliphatic heterocycles. The molecule has 0 bridgehead atoms. The van der Waals surface area contributed by atoms with E-state index in [1.54, 1.807) is 0 Å². The van der Waals surface area contributed by atoms with Gasteiger partial charge >= 0.3 is 0 Å². The monoisotopic (exact) mass is 301 g/mol. The number of benzene rings is 2. The summed E-state index contributed by atoms with van der Waals surface area (Å²) in [6, 6.07) is 13.5. The molecule has 0 atom stereocenters. The van der Waals surface area contributed by atoms with E-state index in [0.717, 1.165) is 22.6 Å². The fourth-order valence-corrected chi connectivity index (χ4v) is 2.74. The summed E-state index contributed by atoms with van der Waals surface area (Å²) < 4.78 is 0. The predicted octanol–water partition coefficient (Wildman–Crippen LogP) is 3.15. The van der Waals surface area contributed by atoms with Crippen molar-refractivity contribution in [3.05, 3.63) is 53.1 Å². The Kier molecular flexibility index (Phi) is 3.82. The van der Waals surface area contributed by atoms with E-state index in [4.69, 9.17) is 11.6 Å².